The van der Waals surface area contributed by atoms with Gasteiger partial charge in [-0.25, -0.2) is 9.79 Å². The Bertz CT molecular complexity index is 253. The van der Waals surface area contributed by atoms with Crippen molar-refractivity contribution in [2.75, 3.05) is 0 Å². The number of rotatable bonds is 9. The van der Waals surface area contributed by atoms with Crippen molar-refractivity contribution in [3.05, 3.63) is 0 Å². The maximum atomic E-state index is 10.5. The molecule has 0 spiro atoms. The van der Waals surface area contributed by atoms with Gasteiger partial charge in [0, 0.05) is 18.3 Å². The molecule has 0 aliphatic rings. The van der Waals surface area contributed by atoms with Crippen LogP contribution >= 0.6 is 0 Å². The number of hydrogen-bond acceptors (Lipinski definition) is 4. The Morgan fingerprint density at radius 2 is 1.56 bits per heavy atom. The van der Waals surface area contributed by atoms with Crippen LogP contribution in [0.15, 0.2) is 4.99 Å². The molecule has 0 fully saturated rings. The lowest BCUT2D eigenvalue weighted by Gasteiger charge is -2.24. The lowest BCUT2D eigenvalue weighted by atomic mass is 10.1. The fourth-order valence-electron chi connectivity index (χ4n) is 1.79. The van der Waals surface area contributed by atoms with Crippen molar-refractivity contribution in [1.82, 2.24) is 0 Å². The highest BCUT2D eigenvalue weighted by Gasteiger charge is 2.23. The van der Waals surface area contributed by atoms with Gasteiger partial charge >= 0.3 is 9.28 Å². The predicted molar refractivity (Wildman–Crippen MR) is 75.8 cm³/mol. The second-order valence-electron chi connectivity index (χ2n) is 5.54. The molecular formula is C13H27NO3Si. The SMILES string of the molecule is CC(C)CC(C[SiH](OC(C)C)OC(C)C)N=C=O. The minimum atomic E-state index is -1.77. The summed E-state index contributed by atoms with van der Waals surface area (Å²) in [5, 5.41) is 0. The van der Waals surface area contributed by atoms with Gasteiger partial charge in [0.15, 0.2) is 0 Å². The highest BCUT2D eigenvalue weighted by molar-refractivity contribution is 6.44. The number of carbonyl (C=O) groups excluding carboxylic acids is 1. The Labute approximate surface area is 113 Å². The lowest BCUT2D eigenvalue weighted by Crippen LogP contribution is -2.32. The van der Waals surface area contributed by atoms with Gasteiger partial charge in [0.25, 0.3) is 0 Å². The fraction of sp³-hybridized carbons (Fsp3) is 0.923. The van der Waals surface area contributed by atoms with Gasteiger partial charge in [0.1, 0.15) is 0 Å². The first kappa shape index (κ1) is 17.5. The summed E-state index contributed by atoms with van der Waals surface area (Å²) in [4.78, 5) is 14.4. The molecule has 0 aromatic carbocycles. The highest BCUT2D eigenvalue weighted by atomic mass is 28.3. The molecule has 1 atom stereocenters. The summed E-state index contributed by atoms with van der Waals surface area (Å²) in [6.45, 7) is 12.3. The van der Waals surface area contributed by atoms with Crippen LogP contribution in [0.4, 0.5) is 0 Å². The Balaban J connectivity index is 4.51. The van der Waals surface area contributed by atoms with Crippen LogP contribution in [0, 0.1) is 5.92 Å². The summed E-state index contributed by atoms with van der Waals surface area (Å²) in [6.07, 6.45) is 2.85. The number of nitrogens with zero attached hydrogens (tertiary/aromatic N) is 1. The van der Waals surface area contributed by atoms with Gasteiger partial charge in [-0.3, -0.25) is 0 Å². The molecule has 4 nitrogen and oxygen atoms in total. The van der Waals surface area contributed by atoms with Crippen LogP contribution in [-0.2, 0) is 13.6 Å². The molecule has 5 heteroatoms. The second kappa shape index (κ2) is 9.45. The van der Waals surface area contributed by atoms with Crippen LogP contribution in [0.5, 0.6) is 0 Å². The van der Waals surface area contributed by atoms with Gasteiger partial charge in [0.05, 0.1) is 6.04 Å². The van der Waals surface area contributed by atoms with E-state index in [2.05, 4.69) is 18.8 Å². The third kappa shape index (κ3) is 9.54. The summed E-state index contributed by atoms with van der Waals surface area (Å²) in [5.74, 6) is 0.500. The summed E-state index contributed by atoms with van der Waals surface area (Å²) in [7, 11) is -1.77. The standard InChI is InChI=1S/C13H27NO3Si/c1-10(2)7-13(14-9-15)8-18(16-11(3)4)17-12(5)6/h10-13,18H,7-8H2,1-6H3. The molecule has 0 N–H and O–H groups in total. The topological polar surface area (TPSA) is 47.9 Å². The summed E-state index contributed by atoms with van der Waals surface area (Å²) >= 11 is 0. The van der Waals surface area contributed by atoms with Crippen molar-refractivity contribution in [2.24, 2.45) is 10.9 Å². The molecule has 0 heterocycles. The number of isocyanates is 1. The van der Waals surface area contributed by atoms with Crippen molar-refractivity contribution in [2.45, 2.75) is 72.3 Å². The molecule has 0 aromatic rings. The minimum Gasteiger partial charge on any atom is -0.394 e. The third-order valence-electron chi connectivity index (χ3n) is 2.29. The predicted octanol–water partition coefficient (Wildman–Crippen LogP) is 2.81. The smallest absolute Gasteiger partial charge is 0.324 e. The van der Waals surface area contributed by atoms with Crippen LogP contribution in [0.1, 0.15) is 48.0 Å². The Hall–Kier alpha value is -0.483. The highest BCUT2D eigenvalue weighted by Crippen LogP contribution is 2.16. The van der Waals surface area contributed by atoms with E-state index in [1.165, 1.54) is 0 Å². The van der Waals surface area contributed by atoms with E-state index in [0.29, 0.717) is 5.92 Å². The molecular weight excluding hydrogens is 246 g/mol. The van der Waals surface area contributed by atoms with Crippen LogP contribution in [0.3, 0.4) is 0 Å². The molecule has 0 aliphatic heterocycles. The zero-order valence-corrected chi connectivity index (χ0v) is 13.6. The Kier molecular flexibility index (Phi) is 9.19. The van der Waals surface area contributed by atoms with E-state index < -0.39 is 9.28 Å². The molecule has 0 rings (SSSR count). The van der Waals surface area contributed by atoms with Gasteiger partial charge in [0.2, 0.25) is 6.08 Å². The molecule has 0 aliphatic carbocycles. The first-order chi connectivity index (χ1) is 8.35. The largest absolute Gasteiger partial charge is 0.394 e. The van der Waals surface area contributed by atoms with E-state index in [1.807, 2.05) is 27.7 Å². The summed E-state index contributed by atoms with van der Waals surface area (Å²) in [5.41, 5.74) is 0. The van der Waals surface area contributed by atoms with Crippen molar-refractivity contribution in [1.29, 1.82) is 0 Å². The van der Waals surface area contributed by atoms with Crippen LogP contribution < -0.4 is 0 Å². The molecule has 0 radical (unpaired) electrons. The molecule has 0 saturated heterocycles. The van der Waals surface area contributed by atoms with Crippen molar-refractivity contribution in [3.63, 3.8) is 0 Å². The van der Waals surface area contributed by atoms with Crippen LogP contribution in [0.25, 0.3) is 0 Å². The second-order valence-corrected chi connectivity index (χ2v) is 7.41. The molecule has 0 amide bonds. The first-order valence-corrected chi connectivity index (χ1v) is 8.49. The monoisotopic (exact) mass is 273 g/mol. The van der Waals surface area contributed by atoms with Gasteiger partial charge in [-0.1, -0.05) is 13.8 Å². The van der Waals surface area contributed by atoms with E-state index in [0.717, 1.165) is 12.5 Å². The van der Waals surface area contributed by atoms with Gasteiger partial charge in [-0.2, -0.15) is 0 Å². The first-order valence-electron chi connectivity index (χ1n) is 6.73. The Morgan fingerprint density at radius 1 is 1.06 bits per heavy atom. The third-order valence-corrected chi connectivity index (χ3v) is 4.92. The molecule has 0 bridgehead atoms. The van der Waals surface area contributed by atoms with Crippen molar-refractivity contribution >= 4 is 15.4 Å². The van der Waals surface area contributed by atoms with E-state index in [1.54, 1.807) is 6.08 Å². The van der Waals surface area contributed by atoms with Crippen LogP contribution in [-0.4, -0.2) is 33.6 Å². The quantitative estimate of drug-likeness (QED) is 0.369. The van der Waals surface area contributed by atoms with E-state index in [9.17, 15) is 4.79 Å². The minimum absolute atomic E-state index is 0.0170. The maximum Gasteiger partial charge on any atom is 0.324 e. The summed E-state index contributed by atoms with van der Waals surface area (Å²) < 4.78 is 11.7. The van der Waals surface area contributed by atoms with Crippen molar-refractivity contribution < 1.29 is 13.6 Å². The normalized spacial score (nSPS) is 13.4. The fourth-order valence-corrected chi connectivity index (χ4v) is 4.04. The van der Waals surface area contributed by atoms with Crippen molar-refractivity contribution in [3.8, 4) is 0 Å². The van der Waals surface area contributed by atoms with E-state index in [4.69, 9.17) is 8.85 Å². The molecule has 106 valence electrons. The zero-order chi connectivity index (χ0) is 14.1. The average Bonchev–Trinajstić information content (AvgIpc) is 2.13. The molecule has 0 saturated carbocycles. The van der Waals surface area contributed by atoms with Crippen LogP contribution in [0.2, 0.25) is 6.04 Å². The lowest BCUT2D eigenvalue weighted by molar-refractivity contribution is 0.128. The zero-order valence-electron chi connectivity index (χ0n) is 12.5. The Morgan fingerprint density at radius 3 is 1.89 bits per heavy atom. The maximum absolute atomic E-state index is 10.5. The molecule has 0 aromatic heterocycles. The van der Waals surface area contributed by atoms with Gasteiger partial charge in [-0.15, -0.1) is 0 Å². The number of aliphatic imine (C=N–C) groups is 1. The number of hydrogen-bond donors (Lipinski definition) is 0. The average molecular weight is 273 g/mol. The molecule has 1 unspecified atom stereocenters. The van der Waals surface area contributed by atoms with E-state index >= 15 is 0 Å². The van der Waals surface area contributed by atoms with Gasteiger partial charge < -0.3 is 8.85 Å². The van der Waals surface area contributed by atoms with E-state index in [-0.39, 0.29) is 18.2 Å². The summed E-state index contributed by atoms with van der Waals surface area (Å²) in [6, 6.07) is 0.723. The van der Waals surface area contributed by atoms with Gasteiger partial charge in [-0.05, 0) is 40.0 Å². The molecule has 18 heavy (non-hydrogen) atoms.